The fourth-order valence-corrected chi connectivity index (χ4v) is 2.38. The van der Waals surface area contributed by atoms with Gasteiger partial charge < -0.3 is 15.1 Å². The number of nitrogens with zero attached hydrogens (tertiary/aromatic N) is 4. The summed E-state index contributed by atoms with van der Waals surface area (Å²) in [6, 6.07) is 1.94. The zero-order valence-corrected chi connectivity index (χ0v) is 12.3. The molecule has 1 fully saturated rings. The van der Waals surface area contributed by atoms with Crippen LogP contribution >= 0.6 is 0 Å². The summed E-state index contributed by atoms with van der Waals surface area (Å²) >= 11 is 0. The lowest BCUT2D eigenvalue weighted by molar-refractivity contribution is 0.425. The molecule has 1 aliphatic rings. The van der Waals surface area contributed by atoms with Crippen LogP contribution in [0.15, 0.2) is 12.3 Å². The first-order valence-corrected chi connectivity index (χ1v) is 7.12. The third kappa shape index (κ3) is 4.35. The molecular weight excluding hydrogens is 238 g/mol. The molecule has 5 heteroatoms. The highest BCUT2D eigenvalue weighted by Gasteiger charge is 2.18. The monoisotopic (exact) mass is 263 g/mol. The molecule has 0 radical (unpaired) electrons. The Morgan fingerprint density at radius 1 is 1.47 bits per heavy atom. The molecule has 0 aliphatic carbocycles. The third-order valence-electron chi connectivity index (χ3n) is 3.45. The summed E-state index contributed by atoms with van der Waals surface area (Å²) < 4.78 is 0. The van der Waals surface area contributed by atoms with Crippen molar-refractivity contribution in [3.05, 3.63) is 12.3 Å². The van der Waals surface area contributed by atoms with Gasteiger partial charge in [0.15, 0.2) is 0 Å². The van der Waals surface area contributed by atoms with Gasteiger partial charge in [0, 0.05) is 32.4 Å². The van der Waals surface area contributed by atoms with Crippen molar-refractivity contribution in [3.8, 4) is 0 Å². The molecule has 0 aromatic carbocycles. The van der Waals surface area contributed by atoms with Crippen molar-refractivity contribution in [2.45, 2.75) is 19.8 Å². The number of rotatable bonds is 5. The molecule has 0 bridgehead atoms. The van der Waals surface area contributed by atoms with Crippen LogP contribution in [-0.2, 0) is 0 Å². The predicted molar refractivity (Wildman–Crippen MR) is 79.7 cm³/mol. The Labute approximate surface area is 116 Å². The van der Waals surface area contributed by atoms with E-state index in [9.17, 15) is 0 Å². The lowest BCUT2D eigenvalue weighted by Crippen LogP contribution is -2.35. The molecule has 1 N–H and O–H groups in total. The van der Waals surface area contributed by atoms with Crippen molar-refractivity contribution in [3.63, 3.8) is 0 Å². The van der Waals surface area contributed by atoms with Gasteiger partial charge in [-0.25, -0.2) is 4.98 Å². The van der Waals surface area contributed by atoms with Crippen LogP contribution in [0.3, 0.4) is 0 Å². The van der Waals surface area contributed by atoms with Crippen LogP contribution in [0.4, 0.5) is 11.8 Å². The summed E-state index contributed by atoms with van der Waals surface area (Å²) in [5, 5.41) is 3.35. The highest BCUT2D eigenvalue weighted by molar-refractivity contribution is 5.41. The van der Waals surface area contributed by atoms with E-state index in [2.05, 4.69) is 46.1 Å². The van der Waals surface area contributed by atoms with E-state index >= 15 is 0 Å². The second-order valence-corrected chi connectivity index (χ2v) is 5.67. The van der Waals surface area contributed by atoms with E-state index in [-0.39, 0.29) is 0 Å². The maximum Gasteiger partial charge on any atom is 0.227 e. The largest absolute Gasteiger partial charge is 0.369 e. The molecule has 1 saturated heterocycles. The fraction of sp³-hybridized carbons (Fsp3) is 0.714. The Balaban J connectivity index is 1.94. The van der Waals surface area contributed by atoms with Crippen molar-refractivity contribution in [2.75, 3.05) is 50.5 Å². The van der Waals surface area contributed by atoms with E-state index in [0.29, 0.717) is 0 Å². The SMILES string of the molecule is CC1CCCN(c2nccc(NCCN(C)C)n2)C1. The minimum absolute atomic E-state index is 0.739. The molecule has 2 heterocycles. The molecule has 0 saturated carbocycles. The summed E-state index contributed by atoms with van der Waals surface area (Å²) in [4.78, 5) is 13.5. The molecule has 2 rings (SSSR count). The third-order valence-corrected chi connectivity index (χ3v) is 3.45. The van der Waals surface area contributed by atoms with E-state index in [1.807, 2.05) is 12.3 Å². The number of aromatic nitrogens is 2. The predicted octanol–water partition coefficient (Wildman–Crippen LogP) is 1.69. The molecule has 1 atom stereocenters. The highest BCUT2D eigenvalue weighted by Crippen LogP contribution is 2.20. The van der Waals surface area contributed by atoms with Crippen LogP contribution in [0.1, 0.15) is 19.8 Å². The average molecular weight is 263 g/mol. The van der Waals surface area contributed by atoms with Gasteiger partial charge in [-0.2, -0.15) is 4.98 Å². The van der Waals surface area contributed by atoms with Crippen LogP contribution in [0, 0.1) is 5.92 Å². The summed E-state index contributed by atoms with van der Waals surface area (Å²) in [6.45, 7) is 6.35. The van der Waals surface area contributed by atoms with Gasteiger partial charge in [-0.3, -0.25) is 0 Å². The van der Waals surface area contributed by atoms with Crippen molar-refractivity contribution < 1.29 is 0 Å². The Bertz CT molecular complexity index is 393. The molecule has 0 amide bonds. The molecule has 19 heavy (non-hydrogen) atoms. The molecule has 5 nitrogen and oxygen atoms in total. The van der Waals surface area contributed by atoms with Gasteiger partial charge in [-0.05, 0) is 38.9 Å². The van der Waals surface area contributed by atoms with Gasteiger partial charge in [0.1, 0.15) is 5.82 Å². The van der Waals surface area contributed by atoms with Crippen molar-refractivity contribution >= 4 is 11.8 Å². The normalized spacial score (nSPS) is 19.8. The average Bonchev–Trinajstić information content (AvgIpc) is 2.39. The first-order chi connectivity index (χ1) is 9.15. The zero-order chi connectivity index (χ0) is 13.7. The van der Waals surface area contributed by atoms with Gasteiger partial charge in [-0.1, -0.05) is 6.92 Å². The van der Waals surface area contributed by atoms with E-state index in [0.717, 1.165) is 43.9 Å². The molecule has 1 aromatic rings. The van der Waals surface area contributed by atoms with Crippen LogP contribution in [-0.4, -0.2) is 55.1 Å². The summed E-state index contributed by atoms with van der Waals surface area (Å²) in [6.07, 6.45) is 4.40. The van der Waals surface area contributed by atoms with Crippen molar-refractivity contribution in [2.24, 2.45) is 5.92 Å². The van der Waals surface area contributed by atoms with Crippen molar-refractivity contribution in [1.29, 1.82) is 0 Å². The molecular formula is C14H25N5. The second kappa shape index (κ2) is 6.70. The number of nitrogens with one attached hydrogen (secondary N) is 1. The standard InChI is InChI=1S/C14H25N5/c1-12-5-4-9-19(11-12)14-16-7-6-13(17-14)15-8-10-18(2)3/h6-7,12H,4-5,8-11H2,1-3H3,(H,15,16,17). The first kappa shape index (κ1) is 14.1. The first-order valence-electron chi connectivity index (χ1n) is 7.12. The van der Waals surface area contributed by atoms with Gasteiger partial charge in [0.2, 0.25) is 5.95 Å². The molecule has 106 valence electrons. The lowest BCUT2D eigenvalue weighted by atomic mass is 10.0. The summed E-state index contributed by atoms with van der Waals surface area (Å²) in [5.74, 6) is 2.52. The van der Waals surface area contributed by atoms with Crippen LogP contribution < -0.4 is 10.2 Å². The van der Waals surface area contributed by atoms with Crippen LogP contribution in [0.25, 0.3) is 0 Å². The van der Waals surface area contributed by atoms with Crippen LogP contribution in [0.2, 0.25) is 0 Å². The van der Waals surface area contributed by atoms with Crippen molar-refractivity contribution in [1.82, 2.24) is 14.9 Å². The number of anilines is 2. The summed E-state index contributed by atoms with van der Waals surface area (Å²) in [7, 11) is 4.14. The Hall–Kier alpha value is -1.36. The van der Waals surface area contributed by atoms with Gasteiger partial charge >= 0.3 is 0 Å². The van der Waals surface area contributed by atoms with E-state index in [4.69, 9.17) is 0 Å². The van der Waals surface area contributed by atoms with E-state index in [1.165, 1.54) is 12.8 Å². The molecule has 0 spiro atoms. The quantitative estimate of drug-likeness (QED) is 0.876. The minimum atomic E-state index is 0.739. The maximum atomic E-state index is 4.61. The number of piperidine rings is 1. The van der Waals surface area contributed by atoms with E-state index < -0.39 is 0 Å². The van der Waals surface area contributed by atoms with Gasteiger partial charge in [-0.15, -0.1) is 0 Å². The molecule has 1 unspecified atom stereocenters. The zero-order valence-electron chi connectivity index (χ0n) is 12.3. The molecule has 1 aliphatic heterocycles. The van der Waals surface area contributed by atoms with E-state index in [1.54, 1.807) is 0 Å². The number of hydrogen-bond acceptors (Lipinski definition) is 5. The fourth-order valence-electron chi connectivity index (χ4n) is 2.38. The smallest absolute Gasteiger partial charge is 0.227 e. The maximum absolute atomic E-state index is 4.61. The Kier molecular flexibility index (Phi) is 4.96. The summed E-state index contributed by atoms with van der Waals surface area (Å²) in [5.41, 5.74) is 0. The van der Waals surface area contributed by atoms with Crippen LogP contribution in [0.5, 0.6) is 0 Å². The van der Waals surface area contributed by atoms with Gasteiger partial charge in [0.25, 0.3) is 0 Å². The Morgan fingerprint density at radius 3 is 3.05 bits per heavy atom. The van der Waals surface area contributed by atoms with Gasteiger partial charge in [0.05, 0.1) is 0 Å². The Morgan fingerprint density at radius 2 is 2.32 bits per heavy atom. The highest BCUT2D eigenvalue weighted by atomic mass is 15.3. The minimum Gasteiger partial charge on any atom is -0.369 e. The lowest BCUT2D eigenvalue weighted by Gasteiger charge is -2.30. The number of hydrogen-bond donors (Lipinski definition) is 1. The topological polar surface area (TPSA) is 44.3 Å². The molecule has 1 aromatic heterocycles. The number of likely N-dealkylation sites (N-methyl/N-ethyl adjacent to an activating group) is 1. The second-order valence-electron chi connectivity index (χ2n) is 5.67.